The van der Waals surface area contributed by atoms with E-state index in [2.05, 4.69) is 4.90 Å². The Labute approximate surface area is 108 Å². The third-order valence-corrected chi connectivity index (χ3v) is 4.53. The Morgan fingerprint density at radius 3 is 2.28 bits per heavy atom. The van der Waals surface area contributed by atoms with E-state index in [4.69, 9.17) is 5.73 Å². The summed E-state index contributed by atoms with van der Waals surface area (Å²) in [5.74, 6) is 0.647. The van der Waals surface area contributed by atoms with Gasteiger partial charge in [0, 0.05) is 17.8 Å². The van der Waals surface area contributed by atoms with Gasteiger partial charge in [0.15, 0.2) is 0 Å². The fraction of sp³-hybridized carbons (Fsp3) is 0.600. The van der Waals surface area contributed by atoms with Gasteiger partial charge in [-0.1, -0.05) is 0 Å². The monoisotopic (exact) mass is 248 g/mol. The Balaban J connectivity index is 1.77. The van der Waals surface area contributed by atoms with Gasteiger partial charge in [0.25, 0.3) is 0 Å². The van der Waals surface area contributed by atoms with Gasteiger partial charge in [-0.2, -0.15) is 0 Å². The number of hydrogen-bond donors (Lipinski definition) is 1. The van der Waals surface area contributed by atoms with E-state index in [9.17, 15) is 4.39 Å². The van der Waals surface area contributed by atoms with Crippen molar-refractivity contribution in [3.05, 3.63) is 30.1 Å². The first-order valence-corrected chi connectivity index (χ1v) is 7.02. The van der Waals surface area contributed by atoms with Crippen LogP contribution in [0.1, 0.15) is 32.1 Å². The Kier molecular flexibility index (Phi) is 3.25. The van der Waals surface area contributed by atoms with Crippen LogP contribution in [0.5, 0.6) is 0 Å². The molecule has 0 aliphatic carbocycles. The fourth-order valence-electron chi connectivity index (χ4n) is 3.80. The minimum absolute atomic E-state index is 0.149. The van der Waals surface area contributed by atoms with Crippen LogP contribution in [0.4, 0.5) is 10.1 Å². The summed E-state index contributed by atoms with van der Waals surface area (Å²) >= 11 is 0. The number of benzene rings is 1. The van der Waals surface area contributed by atoms with Crippen LogP contribution in [-0.4, -0.2) is 18.6 Å². The molecular formula is C15H21FN2. The van der Waals surface area contributed by atoms with E-state index >= 15 is 0 Å². The molecule has 0 radical (unpaired) electrons. The average Bonchev–Trinajstić information content (AvgIpc) is 2.63. The predicted octanol–water partition coefficient (Wildman–Crippen LogP) is 2.92. The van der Waals surface area contributed by atoms with E-state index in [0.717, 1.165) is 18.9 Å². The molecule has 2 N–H and O–H groups in total. The van der Waals surface area contributed by atoms with E-state index in [1.807, 2.05) is 12.1 Å². The summed E-state index contributed by atoms with van der Waals surface area (Å²) in [6.07, 6.45) is 6.23. The topological polar surface area (TPSA) is 29.3 Å². The molecule has 0 aromatic heterocycles. The van der Waals surface area contributed by atoms with E-state index in [0.29, 0.717) is 12.1 Å². The third kappa shape index (κ3) is 2.12. The van der Waals surface area contributed by atoms with Gasteiger partial charge in [0.05, 0.1) is 0 Å². The van der Waals surface area contributed by atoms with Crippen LogP contribution in [0.2, 0.25) is 0 Å². The Hall–Kier alpha value is -1.09. The lowest BCUT2D eigenvalue weighted by molar-refractivity contribution is 0.326. The van der Waals surface area contributed by atoms with Crippen LogP contribution in [0.25, 0.3) is 0 Å². The van der Waals surface area contributed by atoms with Crippen molar-refractivity contribution in [1.82, 2.24) is 0 Å². The van der Waals surface area contributed by atoms with Gasteiger partial charge in [0.2, 0.25) is 0 Å². The summed E-state index contributed by atoms with van der Waals surface area (Å²) in [5.41, 5.74) is 6.87. The van der Waals surface area contributed by atoms with Crippen molar-refractivity contribution in [1.29, 1.82) is 0 Å². The van der Waals surface area contributed by atoms with Gasteiger partial charge >= 0.3 is 0 Å². The molecular weight excluding hydrogens is 227 g/mol. The van der Waals surface area contributed by atoms with E-state index in [1.165, 1.54) is 31.4 Å². The molecule has 2 atom stereocenters. The van der Waals surface area contributed by atoms with Crippen molar-refractivity contribution >= 4 is 5.69 Å². The molecule has 1 aromatic rings. The predicted molar refractivity (Wildman–Crippen MR) is 72.1 cm³/mol. The highest BCUT2D eigenvalue weighted by atomic mass is 19.1. The molecule has 3 heteroatoms. The standard InChI is InChI=1S/C15H21FN2/c16-12-1-3-13(4-2-12)18-14-5-6-15(18)10-11(9-14)7-8-17/h1-4,11,14-15H,5-10,17H2. The summed E-state index contributed by atoms with van der Waals surface area (Å²) in [6.45, 7) is 0.806. The van der Waals surface area contributed by atoms with E-state index in [-0.39, 0.29) is 5.82 Å². The molecule has 2 aliphatic heterocycles. The van der Waals surface area contributed by atoms with Crippen LogP contribution in [0.15, 0.2) is 24.3 Å². The maximum absolute atomic E-state index is 13.0. The summed E-state index contributed by atoms with van der Waals surface area (Å²) in [5, 5.41) is 0. The first-order valence-electron chi connectivity index (χ1n) is 7.02. The number of rotatable bonds is 3. The highest BCUT2D eigenvalue weighted by Gasteiger charge is 2.40. The number of anilines is 1. The second kappa shape index (κ2) is 4.88. The zero-order chi connectivity index (χ0) is 12.5. The van der Waals surface area contributed by atoms with Crippen molar-refractivity contribution < 1.29 is 4.39 Å². The smallest absolute Gasteiger partial charge is 0.123 e. The minimum atomic E-state index is -0.149. The van der Waals surface area contributed by atoms with Crippen molar-refractivity contribution in [3.63, 3.8) is 0 Å². The van der Waals surface area contributed by atoms with Crippen LogP contribution in [0, 0.1) is 11.7 Å². The Morgan fingerprint density at radius 1 is 1.11 bits per heavy atom. The van der Waals surface area contributed by atoms with Crippen molar-refractivity contribution in [3.8, 4) is 0 Å². The molecule has 98 valence electrons. The van der Waals surface area contributed by atoms with Crippen molar-refractivity contribution in [2.75, 3.05) is 11.4 Å². The van der Waals surface area contributed by atoms with Crippen LogP contribution in [0.3, 0.4) is 0 Å². The maximum atomic E-state index is 13.0. The third-order valence-electron chi connectivity index (χ3n) is 4.53. The SMILES string of the molecule is NCCC1CC2CCC(C1)N2c1ccc(F)cc1. The fourth-order valence-corrected chi connectivity index (χ4v) is 3.80. The molecule has 0 amide bonds. The molecule has 1 aromatic carbocycles. The number of nitrogens with zero attached hydrogens (tertiary/aromatic N) is 1. The van der Waals surface area contributed by atoms with Crippen molar-refractivity contribution in [2.45, 2.75) is 44.2 Å². The van der Waals surface area contributed by atoms with E-state index < -0.39 is 0 Å². The molecule has 2 nitrogen and oxygen atoms in total. The number of piperidine rings is 1. The van der Waals surface area contributed by atoms with Gasteiger partial charge in [-0.05, 0) is 68.8 Å². The molecule has 0 spiro atoms. The molecule has 2 aliphatic rings. The van der Waals surface area contributed by atoms with Crippen LogP contribution < -0.4 is 10.6 Å². The minimum Gasteiger partial charge on any atom is -0.366 e. The summed E-state index contributed by atoms with van der Waals surface area (Å²) in [6, 6.07) is 8.27. The first-order chi connectivity index (χ1) is 8.78. The first kappa shape index (κ1) is 12.0. The van der Waals surface area contributed by atoms with Crippen LogP contribution >= 0.6 is 0 Å². The van der Waals surface area contributed by atoms with Gasteiger partial charge in [0.1, 0.15) is 5.82 Å². The molecule has 3 rings (SSSR count). The lowest BCUT2D eigenvalue weighted by atomic mass is 9.88. The molecule has 2 fully saturated rings. The Morgan fingerprint density at radius 2 is 1.72 bits per heavy atom. The largest absolute Gasteiger partial charge is 0.366 e. The second-order valence-electron chi connectivity index (χ2n) is 5.68. The Bertz CT molecular complexity index is 389. The molecule has 2 heterocycles. The quantitative estimate of drug-likeness (QED) is 0.891. The summed E-state index contributed by atoms with van der Waals surface area (Å²) < 4.78 is 13.0. The van der Waals surface area contributed by atoms with E-state index in [1.54, 1.807) is 12.1 Å². The molecule has 2 saturated heterocycles. The highest BCUT2D eigenvalue weighted by molar-refractivity contribution is 5.50. The lowest BCUT2D eigenvalue weighted by Gasteiger charge is -2.40. The number of fused-ring (bicyclic) bond motifs is 2. The number of nitrogens with two attached hydrogens (primary N) is 1. The van der Waals surface area contributed by atoms with Gasteiger partial charge in [-0.3, -0.25) is 0 Å². The van der Waals surface area contributed by atoms with Crippen LogP contribution in [-0.2, 0) is 0 Å². The maximum Gasteiger partial charge on any atom is 0.123 e. The molecule has 2 bridgehead atoms. The van der Waals surface area contributed by atoms with Crippen molar-refractivity contribution in [2.24, 2.45) is 11.7 Å². The zero-order valence-electron chi connectivity index (χ0n) is 10.7. The summed E-state index contributed by atoms with van der Waals surface area (Å²) in [4.78, 5) is 2.52. The zero-order valence-corrected chi connectivity index (χ0v) is 10.7. The molecule has 18 heavy (non-hydrogen) atoms. The normalized spacial score (nSPS) is 30.8. The van der Waals surface area contributed by atoms with Gasteiger partial charge < -0.3 is 10.6 Å². The highest BCUT2D eigenvalue weighted by Crippen LogP contribution is 2.42. The van der Waals surface area contributed by atoms with Gasteiger partial charge in [-0.15, -0.1) is 0 Å². The molecule has 2 unspecified atom stereocenters. The average molecular weight is 248 g/mol. The van der Waals surface area contributed by atoms with Gasteiger partial charge in [-0.25, -0.2) is 4.39 Å². The summed E-state index contributed by atoms with van der Waals surface area (Å²) in [7, 11) is 0. The number of halogens is 1. The number of hydrogen-bond acceptors (Lipinski definition) is 2. The lowest BCUT2D eigenvalue weighted by Crippen LogP contribution is -2.43. The second-order valence-corrected chi connectivity index (χ2v) is 5.68. The molecule has 0 saturated carbocycles.